The lowest BCUT2D eigenvalue weighted by atomic mass is 10.0. The average molecular weight is 726 g/mol. The maximum Gasteiger partial charge on any atom is 0.418 e. The van der Waals surface area contributed by atoms with Crippen molar-refractivity contribution in [1.82, 2.24) is 24.5 Å². The van der Waals surface area contributed by atoms with Gasteiger partial charge < -0.3 is 35.0 Å². The van der Waals surface area contributed by atoms with Crippen molar-refractivity contribution in [2.24, 2.45) is 0 Å². The molecule has 1 aromatic heterocycles. The quantitative estimate of drug-likeness (QED) is 0.402. The lowest BCUT2D eigenvalue weighted by Crippen LogP contribution is -2.56. The van der Waals surface area contributed by atoms with E-state index in [1.165, 1.54) is 29.4 Å². The summed E-state index contributed by atoms with van der Waals surface area (Å²) in [6.07, 6.45) is -3.85. The minimum absolute atomic E-state index is 0.0796. The van der Waals surface area contributed by atoms with Gasteiger partial charge in [-0.05, 0) is 68.9 Å². The van der Waals surface area contributed by atoms with Crippen molar-refractivity contribution in [1.29, 1.82) is 0 Å². The molecule has 0 bridgehead atoms. The molecule has 4 aliphatic rings. The van der Waals surface area contributed by atoms with Crippen molar-refractivity contribution in [2.75, 3.05) is 77.1 Å². The van der Waals surface area contributed by atoms with Crippen molar-refractivity contribution in [3.8, 4) is 0 Å². The number of nitrogens with zero attached hydrogens (tertiary/aromatic N) is 5. The van der Waals surface area contributed by atoms with Gasteiger partial charge in [0.2, 0.25) is 0 Å². The molecule has 3 fully saturated rings. The molecule has 11 nitrogen and oxygen atoms in total. The summed E-state index contributed by atoms with van der Waals surface area (Å²) in [6.45, 7) is 5.36. The topological polar surface area (TPSA) is 101 Å². The van der Waals surface area contributed by atoms with E-state index in [9.17, 15) is 27.6 Å². The summed E-state index contributed by atoms with van der Waals surface area (Å²) in [7, 11) is 3.47. The Hall–Kier alpha value is -3.27. The van der Waals surface area contributed by atoms with Crippen LogP contribution in [0.3, 0.4) is 0 Å². The minimum Gasteiger partial charge on any atom is -0.436 e. The second-order valence-corrected chi connectivity index (χ2v) is 14.5. The standard InChI is InChI=1S/C33H43ClF3N7O4S/c1-38-29-25(33(35,36)37)15-21(16-26(29)34)17-28(30(45)42-13-11-41(12-14-42)23-3-7-40(2)8-4-23)48-32(47)43-9-5-24(6-10-43)44-18-22-19-49-20-27(22)39-31(44)46/h15-16,19-20,23-24,28,38H,3-14,17-18H2,1-2H3,(H,39,46)/t28-/m1/s1. The van der Waals surface area contributed by atoms with Crippen LogP contribution in [0, 0.1) is 0 Å². The summed E-state index contributed by atoms with van der Waals surface area (Å²) < 4.78 is 47.8. The first-order chi connectivity index (χ1) is 23.4. The number of hydrogen-bond donors (Lipinski definition) is 2. The van der Waals surface area contributed by atoms with E-state index < -0.39 is 29.8 Å². The smallest absolute Gasteiger partial charge is 0.418 e. The van der Waals surface area contributed by atoms with Crippen LogP contribution in [-0.2, 0) is 28.7 Å². The third kappa shape index (κ3) is 8.05. The number of piperazine rings is 1. The molecule has 0 saturated carbocycles. The van der Waals surface area contributed by atoms with Gasteiger partial charge in [-0.2, -0.15) is 13.2 Å². The Morgan fingerprint density at radius 2 is 1.67 bits per heavy atom. The Labute approximate surface area is 293 Å². The molecule has 1 aromatic carbocycles. The van der Waals surface area contributed by atoms with Gasteiger partial charge in [0.1, 0.15) is 0 Å². The van der Waals surface area contributed by atoms with Gasteiger partial charge in [-0.25, -0.2) is 9.59 Å². The highest BCUT2D eigenvalue weighted by Gasteiger charge is 2.39. The maximum absolute atomic E-state index is 14.0. The molecule has 1 atom stereocenters. The number of piperidine rings is 2. The number of urea groups is 1. The highest BCUT2D eigenvalue weighted by atomic mass is 35.5. The molecule has 0 aliphatic carbocycles. The van der Waals surface area contributed by atoms with Gasteiger partial charge in [0.25, 0.3) is 5.91 Å². The molecule has 0 spiro atoms. The molecule has 2 aromatic rings. The number of fused-ring (bicyclic) bond motifs is 1. The molecular weight excluding hydrogens is 683 g/mol. The Balaban J connectivity index is 1.14. The number of benzene rings is 1. The summed E-state index contributed by atoms with van der Waals surface area (Å²) in [5, 5.41) is 9.21. The fourth-order valence-electron chi connectivity index (χ4n) is 7.37. The Bertz CT molecular complexity index is 1520. The van der Waals surface area contributed by atoms with Crippen LogP contribution in [0.4, 0.5) is 34.1 Å². The van der Waals surface area contributed by atoms with E-state index in [1.54, 1.807) is 9.80 Å². The van der Waals surface area contributed by atoms with Crippen LogP contribution in [0.15, 0.2) is 22.9 Å². The number of ether oxygens (including phenoxy) is 1. The number of likely N-dealkylation sites (tertiary alicyclic amines) is 2. The van der Waals surface area contributed by atoms with Crippen LogP contribution in [-0.4, -0.2) is 127 Å². The number of alkyl halides is 3. The van der Waals surface area contributed by atoms with Crippen LogP contribution in [0.1, 0.15) is 42.4 Å². The van der Waals surface area contributed by atoms with E-state index >= 15 is 0 Å². The van der Waals surface area contributed by atoms with Crippen LogP contribution in [0.2, 0.25) is 5.02 Å². The zero-order valence-electron chi connectivity index (χ0n) is 27.7. The summed E-state index contributed by atoms with van der Waals surface area (Å²) in [4.78, 5) is 50.0. The first-order valence-electron chi connectivity index (χ1n) is 16.8. The number of rotatable bonds is 7. The van der Waals surface area contributed by atoms with Crippen LogP contribution < -0.4 is 10.6 Å². The molecule has 5 heterocycles. The zero-order chi connectivity index (χ0) is 34.9. The normalized spacial score (nSPS) is 20.9. The summed E-state index contributed by atoms with van der Waals surface area (Å²) >= 11 is 7.80. The van der Waals surface area contributed by atoms with Crippen molar-refractivity contribution in [2.45, 2.75) is 63.0 Å². The largest absolute Gasteiger partial charge is 0.436 e. The van der Waals surface area contributed by atoms with E-state index in [1.807, 2.05) is 10.8 Å². The van der Waals surface area contributed by atoms with Gasteiger partial charge in [0.05, 0.1) is 28.5 Å². The Morgan fingerprint density at radius 1 is 1.00 bits per heavy atom. The number of halogens is 4. The number of hydrogen-bond acceptors (Lipinski definition) is 8. The SMILES string of the molecule is CNc1c(Cl)cc(C[C@@H](OC(=O)N2CCC(N3Cc4cscc4NC3=O)CC2)C(=O)N2CCN(C3CCN(C)CC3)CC2)cc1C(F)(F)F. The molecule has 0 radical (unpaired) electrons. The first kappa shape index (κ1) is 35.6. The third-order valence-electron chi connectivity index (χ3n) is 10.2. The summed E-state index contributed by atoms with van der Waals surface area (Å²) in [5.41, 5.74) is 0.797. The van der Waals surface area contributed by atoms with Crippen LogP contribution in [0.25, 0.3) is 0 Å². The third-order valence-corrected chi connectivity index (χ3v) is 11.3. The van der Waals surface area contributed by atoms with Crippen LogP contribution >= 0.6 is 22.9 Å². The predicted molar refractivity (Wildman–Crippen MR) is 182 cm³/mol. The molecule has 6 rings (SSSR count). The maximum atomic E-state index is 14.0. The number of thiophene rings is 1. The van der Waals surface area contributed by atoms with Gasteiger partial charge in [0, 0.05) is 75.8 Å². The van der Waals surface area contributed by atoms with Crippen LogP contribution in [0.5, 0.6) is 0 Å². The van der Waals surface area contributed by atoms with Gasteiger partial charge in [0.15, 0.2) is 6.10 Å². The average Bonchev–Trinajstić information content (AvgIpc) is 3.54. The van der Waals surface area contributed by atoms with E-state index in [-0.39, 0.29) is 34.8 Å². The monoisotopic (exact) mass is 725 g/mol. The van der Waals surface area contributed by atoms with Gasteiger partial charge >= 0.3 is 18.3 Å². The number of carbonyl (C=O) groups excluding carboxylic acids is 3. The molecule has 0 unspecified atom stereocenters. The molecule has 3 saturated heterocycles. The fourth-order valence-corrected chi connectivity index (χ4v) is 8.49. The molecule has 16 heteroatoms. The van der Waals surface area contributed by atoms with Gasteiger partial charge in [-0.3, -0.25) is 9.69 Å². The highest BCUT2D eigenvalue weighted by molar-refractivity contribution is 7.08. The molecule has 268 valence electrons. The Morgan fingerprint density at radius 3 is 2.33 bits per heavy atom. The van der Waals surface area contributed by atoms with E-state index in [0.717, 1.165) is 43.2 Å². The second-order valence-electron chi connectivity index (χ2n) is 13.3. The van der Waals surface area contributed by atoms with E-state index in [2.05, 4.69) is 27.5 Å². The number of carbonyl (C=O) groups is 3. The summed E-state index contributed by atoms with van der Waals surface area (Å²) in [5.74, 6) is -0.440. The molecule has 4 aliphatic heterocycles. The predicted octanol–water partition coefficient (Wildman–Crippen LogP) is 5.26. The summed E-state index contributed by atoms with van der Waals surface area (Å²) in [6, 6.07) is 2.53. The first-order valence-corrected chi connectivity index (χ1v) is 18.1. The van der Waals surface area contributed by atoms with Crippen molar-refractivity contribution >= 4 is 52.3 Å². The van der Waals surface area contributed by atoms with E-state index in [0.29, 0.717) is 64.7 Å². The van der Waals surface area contributed by atoms with Crippen molar-refractivity contribution in [3.05, 3.63) is 44.6 Å². The van der Waals surface area contributed by atoms with Crippen molar-refractivity contribution < 1.29 is 32.3 Å². The minimum atomic E-state index is -4.70. The Kier molecular flexibility index (Phi) is 10.8. The van der Waals surface area contributed by atoms with Gasteiger partial charge in [-0.15, -0.1) is 11.3 Å². The van der Waals surface area contributed by atoms with E-state index in [4.69, 9.17) is 16.3 Å². The molecular formula is C33H43ClF3N7O4S. The van der Waals surface area contributed by atoms with Crippen molar-refractivity contribution in [3.63, 3.8) is 0 Å². The lowest BCUT2D eigenvalue weighted by molar-refractivity contribution is -0.143. The zero-order valence-corrected chi connectivity index (χ0v) is 29.3. The second kappa shape index (κ2) is 14.9. The number of anilines is 2. The molecule has 4 amide bonds. The van der Waals surface area contributed by atoms with Gasteiger partial charge in [-0.1, -0.05) is 11.6 Å². The fraction of sp³-hybridized carbons (Fsp3) is 0.606. The number of nitrogens with one attached hydrogen (secondary N) is 2. The lowest BCUT2D eigenvalue weighted by Gasteiger charge is -2.43. The molecule has 2 N–H and O–H groups in total. The highest BCUT2D eigenvalue weighted by Crippen LogP contribution is 2.40. The number of amides is 4. The molecule has 49 heavy (non-hydrogen) atoms.